The Balaban J connectivity index is 0.00000579. The first-order valence-electron chi connectivity index (χ1n) is 27.4. The van der Waals surface area contributed by atoms with Crippen LogP contribution in [0.3, 0.4) is 0 Å². The molecule has 0 saturated heterocycles. The number of rotatable bonds is 7. The van der Waals surface area contributed by atoms with Crippen molar-refractivity contribution in [2.24, 2.45) is 0 Å². The van der Waals surface area contributed by atoms with Crippen LogP contribution >= 0.6 is 0 Å². The molecule has 0 fully saturated rings. The van der Waals surface area contributed by atoms with Crippen LogP contribution in [0.25, 0.3) is 72.3 Å². The normalized spacial score (nSPS) is 13.3. The van der Waals surface area contributed by atoms with E-state index in [1.165, 1.54) is 72.3 Å². The summed E-state index contributed by atoms with van der Waals surface area (Å²) in [7, 11) is 0. The van der Waals surface area contributed by atoms with E-state index in [9.17, 15) is 0 Å². The molecule has 0 N–H and O–H groups in total. The van der Waals surface area contributed by atoms with Crippen LogP contribution in [0.5, 0.6) is 11.5 Å². The first-order valence-corrected chi connectivity index (χ1v) is 27.4. The van der Waals surface area contributed by atoms with Crippen LogP contribution in [0.1, 0.15) is 70.8 Å². The van der Waals surface area contributed by atoms with Gasteiger partial charge < -0.3 is 13.9 Å². The number of para-hydroxylation sites is 4. The van der Waals surface area contributed by atoms with Crippen molar-refractivity contribution in [3.05, 3.63) is 269 Å². The van der Waals surface area contributed by atoms with Gasteiger partial charge in [-0.2, -0.15) is 18.2 Å². The molecule has 12 aromatic rings. The maximum atomic E-state index is 6.78. The van der Waals surface area contributed by atoms with Crippen molar-refractivity contribution < 1.29 is 30.4 Å². The van der Waals surface area contributed by atoms with Crippen LogP contribution in [-0.4, -0.2) is 14.1 Å². The molecule has 3 heterocycles. The van der Waals surface area contributed by atoms with Gasteiger partial charge in [0, 0.05) is 44.3 Å². The summed E-state index contributed by atoms with van der Waals surface area (Å²) in [5.41, 5.74) is 23.0. The third-order valence-electron chi connectivity index (χ3n) is 16.2. The van der Waals surface area contributed by atoms with Crippen molar-refractivity contribution in [3.8, 4) is 50.9 Å². The minimum absolute atomic E-state index is 0. The van der Waals surface area contributed by atoms with Crippen molar-refractivity contribution in [1.82, 2.24) is 14.1 Å². The van der Waals surface area contributed by atoms with Crippen LogP contribution in [0, 0.1) is 18.5 Å². The largest absolute Gasteiger partial charge is 0.510 e. The molecule has 384 valence electrons. The van der Waals surface area contributed by atoms with Crippen molar-refractivity contribution >= 4 is 32.8 Å². The Morgan fingerprint density at radius 1 is 0.474 bits per heavy atom. The number of benzene rings is 9. The Morgan fingerprint density at radius 3 is 1.67 bits per heavy atom. The summed E-state index contributed by atoms with van der Waals surface area (Å²) in [5.74, 6) is 2.03. The first kappa shape index (κ1) is 49.5. The third-order valence-corrected chi connectivity index (χ3v) is 16.2. The van der Waals surface area contributed by atoms with E-state index in [2.05, 4.69) is 229 Å². The molecule has 6 heteroatoms. The molecule has 78 heavy (non-hydrogen) atoms. The quantitative estimate of drug-likeness (QED) is 0.118. The number of fused-ring (bicyclic) bond motifs is 4. The van der Waals surface area contributed by atoms with Crippen LogP contribution < -0.4 is 9.30 Å². The van der Waals surface area contributed by atoms with Crippen molar-refractivity contribution in [2.45, 2.75) is 77.6 Å². The predicted molar refractivity (Wildman–Crippen MR) is 312 cm³/mol. The zero-order valence-corrected chi connectivity index (χ0v) is 46.5. The van der Waals surface area contributed by atoms with E-state index < -0.39 is 0 Å². The maximum absolute atomic E-state index is 6.78. The second-order valence-electron chi connectivity index (χ2n) is 22.2. The number of imidazole rings is 1. The minimum atomic E-state index is -0.0365. The molecule has 5 nitrogen and oxygen atoms in total. The number of nitrogens with zero attached hydrogens (tertiary/aromatic N) is 4. The molecule has 0 amide bonds. The third kappa shape index (κ3) is 9.28. The maximum Gasteiger partial charge on any atom is 0.268 e. The van der Waals surface area contributed by atoms with Gasteiger partial charge in [0.15, 0.2) is 0 Å². The standard InChI is InChI=1S/C72H58N4O.Pt/c1-72(2,3)56-40-41-73-70(44-56)76-66-15-5-4-12-60(66)61-39-38-59(46-69(61)76)77-58-11-8-10-57(45-58)74-47-75(68-17-7-6-16-67(68)74)71-62(64-42-52-28-26-48-18-22-50(23-19-48)30-34-54(64)36-32-52)13-9-14-63(71)65-43-53-29-27-49-20-24-51(25-21-49)31-35-55(65)37-33-53;/h4-25,32-33,36-44H,26-31,34-35H2,1-3H3;/q-2;. The molecule has 8 bridgehead atoms. The van der Waals surface area contributed by atoms with E-state index in [0.717, 1.165) is 101 Å². The summed E-state index contributed by atoms with van der Waals surface area (Å²) >= 11 is 0. The van der Waals surface area contributed by atoms with Gasteiger partial charge in [0.05, 0.1) is 16.7 Å². The van der Waals surface area contributed by atoms with Gasteiger partial charge in [0.2, 0.25) is 0 Å². The molecule has 0 atom stereocenters. The van der Waals surface area contributed by atoms with Gasteiger partial charge in [-0.15, -0.1) is 29.7 Å². The summed E-state index contributed by atoms with van der Waals surface area (Å²) in [6.07, 6.45) is 13.6. The minimum Gasteiger partial charge on any atom is -0.510 e. The average molecular weight is 1190 g/mol. The van der Waals surface area contributed by atoms with E-state index in [4.69, 9.17) is 9.72 Å². The molecule has 0 saturated carbocycles. The molecule has 0 unspecified atom stereocenters. The van der Waals surface area contributed by atoms with Gasteiger partial charge in [-0.05, 0) is 158 Å². The molecule has 3 aromatic heterocycles. The molecular weight excluding hydrogens is 1130 g/mol. The Morgan fingerprint density at radius 2 is 1.03 bits per heavy atom. The Bertz CT molecular complexity index is 4110. The fourth-order valence-corrected chi connectivity index (χ4v) is 11.9. The molecule has 0 aliphatic heterocycles. The summed E-state index contributed by atoms with van der Waals surface area (Å²) < 4.78 is 13.5. The van der Waals surface area contributed by atoms with Crippen molar-refractivity contribution in [3.63, 3.8) is 0 Å². The van der Waals surface area contributed by atoms with E-state index >= 15 is 0 Å². The topological polar surface area (TPSA) is 35.9 Å². The van der Waals surface area contributed by atoms with Crippen molar-refractivity contribution in [1.29, 1.82) is 0 Å². The van der Waals surface area contributed by atoms with E-state index in [-0.39, 0.29) is 26.5 Å². The smallest absolute Gasteiger partial charge is 0.268 e. The summed E-state index contributed by atoms with van der Waals surface area (Å²) in [6.45, 7) is 6.71. The summed E-state index contributed by atoms with van der Waals surface area (Å²) in [6, 6.07) is 79.2. The SMILES string of the molecule is CC(C)(C)c1ccnc(-n2c3[c-]c(Oc4[c-]c(-n5[c-][n+](-c6c(-c7cc8ccc7CCc7ccc(cc7)CC8)cccc6-c6cc7ccc6CCc6ccc(cc6)CC7)c6ccccc65)ccc4)ccc3c3ccccc32)c1.[Pt]. The molecule has 9 aromatic carbocycles. The van der Waals surface area contributed by atoms with Gasteiger partial charge in [-0.25, -0.2) is 4.98 Å². The number of aromatic nitrogens is 4. The molecule has 0 radical (unpaired) electrons. The molecule has 20 rings (SSSR count). The van der Waals surface area contributed by atoms with Gasteiger partial charge in [0.25, 0.3) is 6.33 Å². The van der Waals surface area contributed by atoms with Gasteiger partial charge in [-0.3, -0.25) is 4.57 Å². The number of aryl methyl sites for hydroxylation is 8. The molecule has 0 spiro atoms. The molecule has 8 aliphatic rings. The Kier molecular flexibility index (Phi) is 12.9. The van der Waals surface area contributed by atoms with Crippen LogP contribution in [-0.2, 0) is 77.8 Å². The molecule has 8 aliphatic carbocycles. The Labute approximate surface area is 471 Å². The van der Waals surface area contributed by atoms with E-state index in [1.807, 2.05) is 24.4 Å². The first-order chi connectivity index (χ1) is 37.7. The van der Waals surface area contributed by atoms with Crippen LogP contribution in [0.2, 0.25) is 0 Å². The second kappa shape index (κ2) is 20.4. The number of pyridine rings is 1. The Hall–Kier alpha value is -8.11. The monoisotopic (exact) mass is 1190 g/mol. The average Bonchev–Trinajstić information content (AvgIpc) is 4.17. The van der Waals surface area contributed by atoms with E-state index in [0.29, 0.717) is 11.5 Å². The van der Waals surface area contributed by atoms with Gasteiger partial charge in [-0.1, -0.05) is 172 Å². The molecular formula is C72H58N4OPt-2. The van der Waals surface area contributed by atoms with Crippen LogP contribution in [0.4, 0.5) is 0 Å². The van der Waals surface area contributed by atoms with Gasteiger partial charge in [0.1, 0.15) is 5.82 Å². The zero-order chi connectivity index (χ0) is 51.6. The summed E-state index contributed by atoms with van der Waals surface area (Å²) in [5, 5.41) is 2.23. The van der Waals surface area contributed by atoms with Crippen molar-refractivity contribution in [2.75, 3.05) is 0 Å². The number of ether oxygens (including phenoxy) is 1. The zero-order valence-electron chi connectivity index (χ0n) is 44.2. The predicted octanol–water partition coefficient (Wildman–Crippen LogP) is 16.0. The second-order valence-corrected chi connectivity index (χ2v) is 22.2. The fraction of sp³-hybridized carbons (Fsp3) is 0.167. The van der Waals surface area contributed by atoms with Gasteiger partial charge >= 0.3 is 0 Å². The van der Waals surface area contributed by atoms with Crippen LogP contribution in [0.15, 0.2) is 200 Å². The number of hydrogen-bond donors (Lipinski definition) is 0. The summed E-state index contributed by atoms with van der Waals surface area (Å²) in [4.78, 5) is 4.90. The van der Waals surface area contributed by atoms with E-state index in [1.54, 1.807) is 0 Å². The number of hydrogen-bond acceptors (Lipinski definition) is 2. The fourth-order valence-electron chi connectivity index (χ4n) is 11.9.